The van der Waals surface area contributed by atoms with Crippen molar-refractivity contribution in [2.24, 2.45) is 0 Å². The second kappa shape index (κ2) is 4.82. The third-order valence-corrected chi connectivity index (χ3v) is 3.82. The van der Waals surface area contributed by atoms with Crippen LogP contribution in [0.2, 0.25) is 0 Å². The molecule has 1 rings (SSSR count). The summed E-state index contributed by atoms with van der Waals surface area (Å²) in [5.74, 6) is 0.414. The molecule has 1 aliphatic rings. The number of ether oxygens (including phenoxy) is 1. The number of rotatable bonds is 2. The maximum absolute atomic E-state index is 11.1. The maximum Gasteiger partial charge on any atom is 0.330 e. The van der Waals surface area contributed by atoms with Crippen molar-refractivity contribution in [2.45, 2.75) is 19.8 Å². The molecule has 0 atom stereocenters. The standard InChI is InChI=1S/C9H16O4S/c1-2-13-9(10)7-8-3-5-14(11,12)6-4-8/h7,11-12H,2-6H2,1H3. The van der Waals surface area contributed by atoms with Crippen LogP contribution >= 0.6 is 10.6 Å². The summed E-state index contributed by atoms with van der Waals surface area (Å²) in [6.07, 6.45) is 2.64. The van der Waals surface area contributed by atoms with Crippen LogP contribution in [0.5, 0.6) is 0 Å². The van der Waals surface area contributed by atoms with Gasteiger partial charge >= 0.3 is 5.97 Å². The fourth-order valence-electron chi connectivity index (χ4n) is 1.31. The summed E-state index contributed by atoms with van der Waals surface area (Å²) < 4.78 is 23.4. The number of carbonyl (C=O) groups is 1. The van der Waals surface area contributed by atoms with Gasteiger partial charge in [0.2, 0.25) is 0 Å². The van der Waals surface area contributed by atoms with Gasteiger partial charge in [0.15, 0.2) is 0 Å². The van der Waals surface area contributed by atoms with Crippen molar-refractivity contribution in [3.63, 3.8) is 0 Å². The molecule has 0 unspecified atom stereocenters. The molecule has 14 heavy (non-hydrogen) atoms. The van der Waals surface area contributed by atoms with Crippen LogP contribution in [0.4, 0.5) is 0 Å². The van der Waals surface area contributed by atoms with Crippen molar-refractivity contribution >= 4 is 16.6 Å². The van der Waals surface area contributed by atoms with E-state index >= 15 is 0 Å². The van der Waals surface area contributed by atoms with Gasteiger partial charge in [-0.25, -0.2) is 4.79 Å². The average molecular weight is 220 g/mol. The largest absolute Gasteiger partial charge is 0.463 e. The van der Waals surface area contributed by atoms with Gasteiger partial charge < -0.3 is 4.74 Å². The van der Waals surface area contributed by atoms with E-state index in [0.29, 0.717) is 31.0 Å². The van der Waals surface area contributed by atoms with E-state index in [9.17, 15) is 13.9 Å². The van der Waals surface area contributed by atoms with Crippen LogP contribution in [0.15, 0.2) is 11.6 Å². The predicted molar refractivity (Wildman–Crippen MR) is 56.5 cm³/mol. The second-order valence-electron chi connectivity index (χ2n) is 3.27. The molecule has 0 amide bonds. The minimum absolute atomic E-state index is 0.333. The van der Waals surface area contributed by atoms with Gasteiger partial charge in [-0.15, -0.1) is 0 Å². The van der Waals surface area contributed by atoms with E-state index in [2.05, 4.69) is 0 Å². The fraction of sp³-hybridized carbons (Fsp3) is 0.667. The summed E-state index contributed by atoms with van der Waals surface area (Å²) >= 11 is 0. The zero-order chi connectivity index (χ0) is 10.6. The normalized spacial score (nSPS) is 22.6. The van der Waals surface area contributed by atoms with E-state index in [1.165, 1.54) is 6.08 Å². The number of allylic oxidation sites excluding steroid dienone is 1. The zero-order valence-electron chi connectivity index (χ0n) is 8.23. The zero-order valence-corrected chi connectivity index (χ0v) is 9.05. The SMILES string of the molecule is CCOC(=O)C=C1CCS(O)(O)CC1. The van der Waals surface area contributed by atoms with E-state index in [1.807, 2.05) is 0 Å². The van der Waals surface area contributed by atoms with Crippen molar-refractivity contribution < 1.29 is 18.6 Å². The Bertz CT molecular complexity index is 235. The topological polar surface area (TPSA) is 66.8 Å². The lowest BCUT2D eigenvalue weighted by Crippen LogP contribution is -2.15. The number of hydrogen-bond donors (Lipinski definition) is 2. The summed E-state index contributed by atoms with van der Waals surface area (Å²) in [7, 11) is -2.36. The molecule has 1 heterocycles. The van der Waals surface area contributed by atoms with Crippen molar-refractivity contribution in [1.82, 2.24) is 0 Å². The molecule has 0 aliphatic carbocycles. The first-order chi connectivity index (χ1) is 6.53. The van der Waals surface area contributed by atoms with Crippen molar-refractivity contribution in [2.75, 3.05) is 18.1 Å². The fourth-order valence-corrected chi connectivity index (χ4v) is 2.69. The van der Waals surface area contributed by atoms with E-state index in [-0.39, 0.29) is 5.97 Å². The summed E-state index contributed by atoms with van der Waals surface area (Å²) in [4.78, 5) is 11.1. The monoisotopic (exact) mass is 220 g/mol. The van der Waals surface area contributed by atoms with Crippen LogP contribution in [0.3, 0.4) is 0 Å². The van der Waals surface area contributed by atoms with Gasteiger partial charge in [-0.05, 0) is 19.8 Å². The molecule has 0 aromatic rings. The Labute approximate surface area is 85.3 Å². The van der Waals surface area contributed by atoms with E-state index in [1.54, 1.807) is 6.92 Å². The summed E-state index contributed by atoms with van der Waals surface area (Å²) in [6.45, 7) is 2.13. The third-order valence-electron chi connectivity index (χ3n) is 2.11. The lowest BCUT2D eigenvalue weighted by Gasteiger charge is -2.36. The van der Waals surface area contributed by atoms with Crippen molar-refractivity contribution in [1.29, 1.82) is 0 Å². The van der Waals surface area contributed by atoms with Gasteiger partial charge in [0, 0.05) is 17.6 Å². The van der Waals surface area contributed by atoms with Gasteiger partial charge in [-0.3, -0.25) is 9.11 Å². The Kier molecular flexibility index (Phi) is 3.97. The average Bonchev–Trinajstić information content (AvgIpc) is 2.09. The lowest BCUT2D eigenvalue weighted by atomic mass is 10.1. The van der Waals surface area contributed by atoms with E-state index < -0.39 is 10.6 Å². The molecule has 82 valence electrons. The van der Waals surface area contributed by atoms with Gasteiger partial charge in [0.1, 0.15) is 0 Å². The molecule has 0 spiro atoms. The van der Waals surface area contributed by atoms with Crippen LogP contribution in [0.25, 0.3) is 0 Å². The molecular weight excluding hydrogens is 204 g/mol. The Morgan fingerprint density at radius 3 is 2.57 bits per heavy atom. The first-order valence-electron chi connectivity index (χ1n) is 4.63. The molecule has 1 aliphatic heterocycles. The van der Waals surface area contributed by atoms with Crippen molar-refractivity contribution in [3.8, 4) is 0 Å². The minimum atomic E-state index is -2.36. The highest BCUT2D eigenvalue weighted by Crippen LogP contribution is 2.45. The van der Waals surface area contributed by atoms with Crippen LogP contribution in [-0.2, 0) is 9.53 Å². The van der Waals surface area contributed by atoms with Crippen LogP contribution in [0, 0.1) is 0 Å². The lowest BCUT2D eigenvalue weighted by molar-refractivity contribution is -0.137. The van der Waals surface area contributed by atoms with Crippen LogP contribution in [0.1, 0.15) is 19.8 Å². The molecule has 0 aromatic carbocycles. The number of hydrogen-bond acceptors (Lipinski definition) is 4. The Morgan fingerprint density at radius 1 is 1.50 bits per heavy atom. The van der Waals surface area contributed by atoms with Gasteiger partial charge in [-0.2, -0.15) is 10.6 Å². The summed E-state index contributed by atoms with van der Waals surface area (Å²) in [5, 5.41) is 0. The molecule has 0 aromatic heterocycles. The highest BCUT2D eigenvalue weighted by molar-refractivity contribution is 8.24. The summed E-state index contributed by atoms with van der Waals surface area (Å²) in [6, 6.07) is 0. The first kappa shape index (κ1) is 11.6. The molecule has 1 fully saturated rings. The smallest absolute Gasteiger partial charge is 0.330 e. The third kappa shape index (κ3) is 3.69. The summed E-state index contributed by atoms with van der Waals surface area (Å²) in [5.41, 5.74) is 0.953. The van der Waals surface area contributed by atoms with Gasteiger partial charge in [-0.1, -0.05) is 5.57 Å². The highest BCUT2D eigenvalue weighted by Gasteiger charge is 2.20. The highest BCUT2D eigenvalue weighted by atomic mass is 32.3. The molecule has 0 saturated carbocycles. The minimum Gasteiger partial charge on any atom is -0.463 e. The first-order valence-corrected chi connectivity index (χ1v) is 6.52. The predicted octanol–water partition coefficient (Wildman–Crippen LogP) is 2.02. The number of carbonyl (C=O) groups excluding carboxylic acids is 1. The number of esters is 1. The molecule has 5 heteroatoms. The Hall–Kier alpha value is -0.520. The van der Waals surface area contributed by atoms with Crippen LogP contribution < -0.4 is 0 Å². The molecular formula is C9H16O4S. The molecule has 2 N–H and O–H groups in total. The second-order valence-corrected chi connectivity index (χ2v) is 5.69. The van der Waals surface area contributed by atoms with Crippen LogP contribution in [-0.4, -0.2) is 33.2 Å². The molecule has 1 saturated heterocycles. The maximum atomic E-state index is 11.1. The van der Waals surface area contributed by atoms with E-state index in [0.717, 1.165) is 5.57 Å². The van der Waals surface area contributed by atoms with Gasteiger partial charge in [0.25, 0.3) is 0 Å². The quantitative estimate of drug-likeness (QED) is 0.552. The molecule has 0 radical (unpaired) electrons. The van der Waals surface area contributed by atoms with Gasteiger partial charge in [0.05, 0.1) is 6.61 Å². The Balaban J connectivity index is 2.45. The molecule has 0 bridgehead atoms. The van der Waals surface area contributed by atoms with E-state index in [4.69, 9.17) is 4.74 Å². The Morgan fingerprint density at radius 2 is 2.07 bits per heavy atom. The molecule has 4 nitrogen and oxygen atoms in total. The van der Waals surface area contributed by atoms with Crippen molar-refractivity contribution in [3.05, 3.63) is 11.6 Å².